The van der Waals surface area contributed by atoms with Crippen molar-refractivity contribution in [1.29, 1.82) is 0 Å². The Balaban J connectivity index is 1.59. The molecule has 0 saturated heterocycles. The molecule has 1 aliphatic carbocycles. The van der Waals surface area contributed by atoms with Crippen LogP contribution >= 0.6 is 11.6 Å². The number of carbonyl (C=O) groups excluding carboxylic acids is 2. The SMILES string of the molecule is O=C(Nc1cnccc1-c1cc(Cl)ccc1F)c1ccnc(C(=O)NC2CC2)c1. The molecule has 4 rings (SSSR count). The van der Waals surface area contributed by atoms with Crippen molar-refractivity contribution in [2.75, 3.05) is 5.32 Å². The zero-order valence-corrected chi connectivity index (χ0v) is 15.9. The third-order valence-corrected chi connectivity index (χ3v) is 4.69. The number of aromatic nitrogens is 2. The van der Waals surface area contributed by atoms with E-state index >= 15 is 0 Å². The number of hydrogen-bond donors (Lipinski definition) is 2. The summed E-state index contributed by atoms with van der Waals surface area (Å²) < 4.78 is 14.3. The molecular formula is C21H16ClFN4O2. The molecule has 2 aromatic heterocycles. The molecule has 0 spiro atoms. The molecule has 1 aliphatic rings. The maximum absolute atomic E-state index is 14.3. The molecule has 2 heterocycles. The quantitative estimate of drug-likeness (QED) is 0.663. The number of halogens is 2. The topological polar surface area (TPSA) is 84.0 Å². The molecule has 0 unspecified atom stereocenters. The summed E-state index contributed by atoms with van der Waals surface area (Å²) in [5, 5.41) is 5.92. The van der Waals surface area contributed by atoms with Crippen molar-refractivity contribution >= 4 is 29.1 Å². The van der Waals surface area contributed by atoms with Gasteiger partial charge >= 0.3 is 0 Å². The summed E-state index contributed by atoms with van der Waals surface area (Å²) in [6, 6.07) is 8.89. The number of amides is 2. The lowest BCUT2D eigenvalue weighted by atomic mass is 10.0. The Bertz CT molecular complexity index is 1100. The first kappa shape index (κ1) is 19.0. The first-order chi connectivity index (χ1) is 14.0. The van der Waals surface area contributed by atoms with Gasteiger partial charge in [0.25, 0.3) is 11.8 Å². The van der Waals surface area contributed by atoms with E-state index in [0.29, 0.717) is 16.3 Å². The molecule has 2 amide bonds. The number of rotatable bonds is 5. The molecule has 0 atom stereocenters. The van der Waals surface area contributed by atoms with E-state index in [-0.39, 0.29) is 28.8 Å². The molecule has 146 valence electrons. The second-order valence-corrected chi connectivity index (χ2v) is 7.11. The molecule has 29 heavy (non-hydrogen) atoms. The van der Waals surface area contributed by atoms with Crippen LogP contribution in [-0.4, -0.2) is 27.8 Å². The van der Waals surface area contributed by atoms with Crippen molar-refractivity contribution in [2.45, 2.75) is 18.9 Å². The fourth-order valence-electron chi connectivity index (χ4n) is 2.81. The van der Waals surface area contributed by atoms with E-state index < -0.39 is 11.7 Å². The van der Waals surface area contributed by atoms with Gasteiger partial charge in [-0.3, -0.25) is 19.6 Å². The minimum Gasteiger partial charge on any atom is -0.348 e. The predicted molar refractivity (Wildman–Crippen MR) is 107 cm³/mol. The van der Waals surface area contributed by atoms with Crippen LogP contribution in [0.25, 0.3) is 11.1 Å². The van der Waals surface area contributed by atoms with Crippen molar-refractivity contribution < 1.29 is 14.0 Å². The Morgan fingerprint density at radius 1 is 1.03 bits per heavy atom. The Morgan fingerprint density at radius 2 is 1.86 bits per heavy atom. The third-order valence-electron chi connectivity index (χ3n) is 4.46. The highest BCUT2D eigenvalue weighted by Crippen LogP contribution is 2.31. The van der Waals surface area contributed by atoms with Crippen LogP contribution < -0.4 is 10.6 Å². The average Bonchev–Trinajstić information content (AvgIpc) is 3.54. The van der Waals surface area contributed by atoms with E-state index in [1.807, 2.05) is 0 Å². The van der Waals surface area contributed by atoms with E-state index in [2.05, 4.69) is 20.6 Å². The summed E-state index contributed by atoms with van der Waals surface area (Å²) in [5.41, 5.74) is 1.42. The molecule has 8 heteroatoms. The van der Waals surface area contributed by atoms with Crippen LogP contribution in [0.2, 0.25) is 5.02 Å². The Morgan fingerprint density at radius 3 is 2.66 bits per heavy atom. The highest BCUT2D eigenvalue weighted by molar-refractivity contribution is 6.30. The Hall–Kier alpha value is -3.32. The number of anilines is 1. The summed E-state index contributed by atoms with van der Waals surface area (Å²) in [6.45, 7) is 0. The normalized spacial score (nSPS) is 13.0. The number of nitrogens with one attached hydrogen (secondary N) is 2. The minimum atomic E-state index is -0.473. The van der Waals surface area contributed by atoms with Gasteiger partial charge in [-0.15, -0.1) is 0 Å². The first-order valence-corrected chi connectivity index (χ1v) is 9.37. The van der Waals surface area contributed by atoms with Gasteiger partial charge in [-0.1, -0.05) is 11.6 Å². The Kier molecular flexibility index (Phi) is 5.22. The van der Waals surface area contributed by atoms with Crippen LogP contribution in [0.3, 0.4) is 0 Å². The zero-order chi connectivity index (χ0) is 20.4. The van der Waals surface area contributed by atoms with Crippen molar-refractivity contribution in [1.82, 2.24) is 15.3 Å². The fourth-order valence-corrected chi connectivity index (χ4v) is 2.98. The van der Waals surface area contributed by atoms with Crippen molar-refractivity contribution in [3.8, 4) is 11.1 Å². The molecule has 1 saturated carbocycles. The lowest BCUT2D eigenvalue weighted by molar-refractivity contribution is 0.0946. The van der Waals surface area contributed by atoms with Gasteiger partial charge in [0.05, 0.1) is 11.9 Å². The van der Waals surface area contributed by atoms with Gasteiger partial charge in [0, 0.05) is 40.1 Å². The van der Waals surface area contributed by atoms with Gasteiger partial charge < -0.3 is 10.6 Å². The lowest BCUT2D eigenvalue weighted by Crippen LogP contribution is -2.26. The van der Waals surface area contributed by atoms with Crippen LogP contribution in [-0.2, 0) is 0 Å². The molecule has 3 aromatic rings. The van der Waals surface area contributed by atoms with Crippen LogP contribution in [0.1, 0.15) is 33.7 Å². The van der Waals surface area contributed by atoms with E-state index in [1.54, 1.807) is 6.07 Å². The van der Waals surface area contributed by atoms with E-state index in [9.17, 15) is 14.0 Å². The second kappa shape index (κ2) is 7.97. The van der Waals surface area contributed by atoms with E-state index in [0.717, 1.165) is 12.8 Å². The molecule has 0 aliphatic heterocycles. The lowest BCUT2D eigenvalue weighted by Gasteiger charge is -2.12. The standard InChI is InChI=1S/C21H16ClFN4O2/c22-13-1-4-17(23)16(10-13)15-6-7-24-11-19(15)27-20(28)12-5-8-25-18(9-12)21(29)26-14-2-3-14/h1,4-11,14H,2-3H2,(H,26,29)(H,27,28). The maximum atomic E-state index is 14.3. The maximum Gasteiger partial charge on any atom is 0.270 e. The van der Waals surface area contributed by atoms with Crippen LogP contribution in [0, 0.1) is 5.82 Å². The van der Waals surface area contributed by atoms with Gasteiger partial charge in [-0.05, 0) is 49.2 Å². The molecule has 1 aromatic carbocycles. The summed E-state index contributed by atoms with van der Waals surface area (Å²) >= 11 is 5.99. The molecule has 0 radical (unpaired) electrons. The van der Waals surface area contributed by atoms with Gasteiger partial charge in [-0.2, -0.15) is 0 Å². The van der Waals surface area contributed by atoms with Crippen molar-refractivity contribution in [2.24, 2.45) is 0 Å². The Labute approximate surface area is 171 Å². The molecule has 1 fully saturated rings. The monoisotopic (exact) mass is 410 g/mol. The highest BCUT2D eigenvalue weighted by Gasteiger charge is 2.24. The number of nitrogens with zero attached hydrogens (tertiary/aromatic N) is 2. The van der Waals surface area contributed by atoms with E-state index in [4.69, 9.17) is 11.6 Å². The molecule has 2 N–H and O–H groups in total. The smallest absolute Gasteiger partial charge is 0.270 e. The molecule has 6 nitrogen and oxygen atoms in total. The summed E-state index contributed by atoms with van der Waals surface area (Å²) in [4.78, 5) is 32.9. The van der Waals surface area contributed by atoms with Crippen LogP contribution in [0.15, 0.2) is 55.0 Å². The fraction of sp³-hybridized carbons (Fsp3) is 0.143. The van der Waals surface area contributed by atoms with Crippen LogP contribution in [0.5, 0.6) is 0 Å². The summed E-state index contributed by atoms with van der Waals surface area (Å²) in [5.74, 6) is -1.26. The van der Waals surface area contributed by atoms with Gasteiger partial charge in [0.2, 0.25) is 0 Å². The summed E-state index contributed by atoms with van der Waals surface area (Å²) in [7, 11) is 0. The van der Waals surface area contributed by atoms with Gasteiger partial charge in [-0.25, -0.2) is 4.39 Å². The minimum absolute atomic E-state index is 0.164. The third kappa shape index (κ3) is 4.41. The molecule has 0 bridgehead atoms. The molecular weight excluding hydrogens is 395 g/mol. The summed E-state index contributed by atoms with van der Waals surface area (Å²) in [6.07, 6.45) is 6.23. The largest absolute Gasteiger partial charge is 0.348 e. The average molecular weight is 411 g/mol. The number of pyridine rings is 2. The van der Waals surface area contributed by atoms with Crippen molar-refractivity contribution in [3.63, 3.8) is 0 Å². The first-order valence-electron chi connectivity index (χ1n) is 8.99. The zero-order valence-electron chi connectivity index (χ0n) is 15.2. The number of hydrogen-bond acceptors (Lipinski definition) is 4. The van der Waals surface area contributed by atoms with Gasteiger partial charge in [0.15, 0.2) is 0 Å². The number of carbonyl (C=O) groups is 2. The van der Waals surface area contributed by atoms with E-state index in [1.165, 1.54) is 48.9 Å². The van der Waals surface area contributed by atoms with Gasteiger partial charge in [0.1, 0.15) is 11.5 Å². The van der Waals surface area contributed by atoms with Crippen molar-refractivity contribution in [3.05, 3.63) is 77.1 Å². The van der Waals surface area contributed by atoms with Crippen LogP contribution in [0.4, 0.5) is 10.1 Å². The second-order valence-electron chi connectivity index (χ2n) is 6.68. The number of benzene rings is 1. The predicted octanol–water partition coefficient (Wildman–Crippen LogP) is 4.08. The highest BCUT2D eigenvalue weighted by atomic mass is 35.5.